The van der Waals surface area contributed by atoms with Gasteiger partial charge in [0.15, 0.2) is 5.96 Å². The summed E-state index contributed by atoms with van der Waals surface area (Å²) in [6, 6.07) is 0. The summed E-state index contributed by atoms with van der Waals surface area (Å²) in [6.07, 6.45) is 1.21. The Morgan fingerprint density at radius 3 is 2.20 bits per heavy atom. The molecule has 0 bridgehead atoms. The molecule has 0 radical (unpaired) electrons. The van der Waals surface area contributed by atoms with Crippen LogP contribution in [-0.2, 0) is 9.59 Å². The van der Waals surface area contributed by atoms with Crippen LogP contribution in [0.2, 0.25) is 0 Å². The highest BCUT2D eigenvalue weighted by molar-refractivity contribution is 5.85. The van der Waals surface area contributed by atoms with E-state index in [0.717, 1.165) is 50.8 Å². The monoisotopic (exact) mass is 420 g/mol. The van der Waals surface area contributed by atoms with Crippen LogP contribution in [-0.4, -0.2) is 110 Å². The van der Waals surface area contributed by atoms with E-state index in [4.69, 9.17) is 0 Å². The van der Waals surface area contributed by atoms with Gasteiger partial charge in [-0.1, -0.05) is 26.0 Å². The molecule has 170 valence electrons. The summed E-state index contributed by atoms with van der Waals surface area (Å²) in [5, 5.41) is 3.31. The van der Waals surface area contributed by atoms with Gasteiger partial charge in [0, 0.05) is 59.9 Å². The second kappa shape index (κ2) is 11.3. The van der Waals surface area contributed by atoms with E-state index < -0.39 is 0 Å². The minimum absolute atomic E-state index is 0.0288. The van der Waals surface area contributed by atoms with Crippen molar-refractivity contribution in [1.29, 1.82) is 0 Å². The quantitative estimate of drug-likeness (QED) is 0.389. The van der Waals surface area contributed by atoms with Gasteiger partial charge >= 0.3 is 0 Å². The number of piperazine rings is 1. The van der Waals surface area contributed by atoms with E-state index in [1.807, 2.05) is 11.8 Å². The van der Waals surface area contributed by atoms with Crippen LogP contribution in [0.5, 0.6) is 0 Å². The third kappa shape index (κ3) is 7.63. The van der Waals surface area contributed by atoms with Gasteiger partial charge < -0.3 is 20.0 Å². The summed E-state index contributed by atoms with van der Waals surface area (Å²) in [5.74, 6) is 2.11. The normalized spacial score (nSPS) is 23.3. The molecular weight excluding hydrogens is 380 g/mol. The molecule has 0 saturated carbocycles. The SMILES string of the molecule is C=C(C)CNC(=NCC(=O)N(C)C)N1CCN(CC(=O)N2CC(C)CC(C)C2)CC1. The number of piperidine rings is 1. The van der Waals surface area contributed by atoms with Crippen molar-refractivity contribution < 1.29 is 9.59 Å². The molecule has 0 aromatic carbocycles. The Labute approximate surface area is 182 Å². The van der Waals surface area contributed by atoms with Gasteiger partial charge in [-0.2, -0.15) is 0 Å². The second-order valence-electron chi connectivity index (χ2n) is 9.25. The summed E-state index contributed by atoms with van der Waals surface area (Å²) >= 11 is 0. The lowest BCUT2D eigenvalue weighted by Gasteiger charge is -2.39. The highest BCUT2D eigenvalue weighted by Crippen LogP contribution is 2.21. The van der Waals surface area contributed by atoms with Gasteiger partial charge in [0.2, 0.25) is 11.8 Å². The van der Waals surface area contributed by atoms with Crippen LogP contribution in [0.15, 0.2) is 17.1 Å². The number of carbonyl (C=O) groups is 2. The first-order chi connectivity index (χ1) is 14.2. The van der Waals surface area contributed by atoms with Gasteiger partial charge in [0.05, 0.1) is 6.54 Å². The molecule has 2 amide bonds. The Morgan fingerprint density at radius 1 is 1.07 bits per heavy atom. The van der Waals surface area contributed by atoms with Crippen molar-refractivity contribution in [3.63, 3.8) is 0 Å². The summed E-state index contributed by atoms with van der Waals surface area (Å²) in [6.45, 7) is 16.5. The van der Waals surface area contributed by atoms with E-state index in [1.165, 1.54) is 6.42 Å². The summed E-state index contributed by atoms with van der Waals surface area (Å²) in [5.41, 5.74) is 1.01. The Bertz CT molecular complexity index is 630. The first kappa shape index (κ1) is 24.2. The smallest absolute Gasteiger partial charge is 0.243 e. The number of likely N-dealkylation sites (N-methyl/N-ethyl adjacent to an activating group) is 1. The number of nitrogens with one attached hydrogen (secondary N) is 1. The van der Waals surface area contributed by atoms with Gasteiger partial charge in [-0.25, -0.2) is 4.99 Å². The molecule has 0 aromatic rings. The molecule has 2 fully saturated rings. The van der Waals surface area contributed by atoms with Crippen LogP contribution in [0.25, 0.3) is 0 Å². The Kier molecular flexibility index (Phi) is 9.14. The van der Waals surface area contributed by atoms with E-state index in [2.05, 4.69) is 40.5 Å². The van der Waals surface area contributed by atoms with Crippen molar-refractivity contribution >= 4 is 17.8 Å². The van der Waals surface area contributed by atoms with Gasteiger partial charge in [0.1, 0.15) is 6.54 Å². The third-order valence-corrected chi connectivity index (χ3v) is 5.66. The minimum Gasteiger partial charge on any atom is -0.353 e. The van der Waals surface area contributed by atoms with Gasteiger partial charge in [-0.15, -0.1) is 0 Å². The Balaban J connectivity index is 1.88. The van der Waals surface area contributed by atoms with Crippen LogP contribution >= 0.6 is 0 Å². The second-order valence-corrected chi connectivity index (χ2v) is 9.25. The molecule has 2 heterocycles. The topological polar surface area (TPSA) is 71.5 Å². The molecule has 0 aromatic heterocycles. The Hall–Kier alpha value is -2.09. The zero-order valence-corrected chi connectivity index (χ0v) is 19.5. The molecule has 2 aliphatic heterocycles. The predicted molar refractivity (Wildman–Crippen MR) is 121 cm³/mol. The lowest BCUT2D eigenvalue weighted by atomic mass is 9.92. The number of hydrogen-bond donors (Lipinski definition) is 1. The molecule has 0 spiro atoms. The number of hydrogen-bond acceptors (Lipinski definition) is 4. The van der Waals surface area contributed by atoms with E-state index in [1.54, 1.807) is 19.0 Å². The molecule has 8 nitrogen and oxygen atoms in total. The number of likely N-dealkylation sites (tertiary alicyclic amines) is 1. The lowest BCUT2D eigenvalue weighted by molar-refractivity contribution is -0.135. The zero-order valence-electron chi connectivity index (χ0n) is 19.5. The van der Waals surface area contributed by atoms with Crippen LogP contribution in [0.1, 0.15) is 27.2 Å². The van der Waals surface area contributed by atoms with E-state index in [-0.39, 0.29) is 18.4 Å². The molecule has 0 aliphatic carbocycles. The Morgan fingerprint density at radius 2 is 1.67 bits per heavy atom. The minimum atomic E-state index is -0.0288. The number of rotatable bonds is 6. The molecular formula is C22H40N6O2. The van der Waals surface area contributed by atoms with Crippen LogP contribution < -0.4 is 5.32 Å². The number of aliphatic imine (C=N–C) groups is 1. The predicted octanol–water partition coefficient (Wildman–Crippen LogP) is 0.718. The van der Waals surface area contributed by atoms with Gasteiger partial charge in [-0.05, 0) is 25.2 Å². The maximum atomic E-state index is 12.8. The number of amides is 2. The fourth-order valence-corrected chi connectivity index (χ4v) is 4.06. The van der Waals surface area contributed by atoms with Crippen LogP contribution in [0.4, 0.5) is 0 Å². The summed E-state index contributed by atoms with van der Waals surface area (Å²) < 4.78 is 0. The maximum Gasteiger partial charge on any atom is 0.243 e. The molecule has 2 aliphatic rings. The zero-order chi connectivity index (χ0) is 22.3. The molecule has 2 rings (SSSR count). The first-order valence-corrected chi connectivity index (χ1v) is 11.0. The largest absolute Gasteiger partial charge is 0.353 e. The van der Waals surface area contributed by atoms with Gasteiger partial charge in [0.25, 0.3) is 0 Å². The molecule has 2 unspecified atom stereocenters. The molecule has 30 heavy (non-hydrogen) atoms. The first-order valence-electron chi connectivity index (χ1n) is 11.0. The fraction of sp³-hybridized carbons (Fsp3) is 0.773. The number of guanidine groups is 1. The van der Waals surface area contributed by atoms with Crippen molar-refractivity contribution in [3.05, 3.63) is 12.2 Å². The van der Waals surface area contributed by atoms with Gasteiger partial charge in [-0.3, -0.25) is 14.5 Å². The van der Waals surface area contributed by atoms with Crippen molar-refractivity contribution in [1.82, 2.24) is 24.9 Å². The standard InChI is InChI=1S/C22H40N6O2/c1-17(2)12-23-22(24-13-20(29)25(5)6)27-9-7-26(8-10-27)16-21(30)28-14-18(3)11-19(4)15-28/h18-19H,1,7-16H2,2-6H3,(H,23,24). The highest BCUT2D eigenvalue weighted by Gasteiger charge is 2.28. The fourth-order valence-electron chi connectivity index (χ4n) is 4.06. The van der Waals surface area contributed by atoms with Crippen LogP contribution in [0.3, 0.4) is 0 Å². The maximum absolute atomic E-state index is 12.8. The van der Waals surface area contributed by atoms with Crippen molar-refractivity contribution in [2.75, 3.05) is 73.0 Å². The van der Waals surface area contributed by atoms with E-state index in [0.29, 0.717) is 24.9 Å². The molecule has 2 atom stereocenters. The lowest BCUT2D eigenvalue weighted by Crippen LogP contribution is -2.55. The highest BCUT2D eigenvalue weighted by atomic mass is 16.2. The number of carbonyl (C=O) groups excluding carboxylic acids is 2. The van der Waals surface area contributed by atoms with Crippen LogP contribution in [0, 0.1) is 11.8 Å². The number of nitrogens with zero attached hydrogens (tertiary/aromatic N) is 5. The third-order valence-electron chi connectivity index (χ3n) is 5.66. The molecule has 8 heteroatoms. The summed E-state index contributed by atoms with van der Waals surface area (Å²) in [7, 11) is 3.47. The molecule has 1 N–H and O–H groups in total. The molecule has 2 saturated heterocycles. The average molecular weight is 421 g/mol. The van der Waals surface area contributed by atoms with E-state index >= 15 is 0 Å². The van der Waals surface area contributed by atoms with Crippen molar-refractivity contribution in [2.24, 2.45) is 16.8 Å². The van der Waals surface area contributed by atoms with E-state index in [9.17, 15) is 9.59 Å². The average Bonchev–Trinajstić information content (AvgIpc) is 2.67. The van der Waals surface area contributed by atoms with Crippen molar-refractivity contribution in [2.45, 2.75) is 27.2 Å². The summed E-state index contributed by atoms with van der Waals surface area (Å²) in [4.78, 5) is 37.2. The van der Waals surface area contributed by atoms with Crippen molar-refractivity contribution in [3.8, 4) is 0 Å².